The summed E-state index contributed by atoms with van der Waals surface area (Å²) in [7, 11) is 1.68. The zero-order valence-corrected chi connectivity index (χ0v) is 11.4. The Morgan fingerprint density at radius 1 is 1.41 bits per heavy atom. The summed E-state index contributed by atoms with van der Waals surface area (Å²) in [6.07, 6.45) is -0.387. The molecule has 1 aromatic rings. The molecule has 0 fully saturated rings. The predicted octanol–water partition coefficient (Wildman–Crippen LogP) is 2.25. The molecule has 96 valence electrons. The molecule has 3 nitrogen and oxygen atoms in total. The van der Waals surface area contributed by atoms with Gasteiger partial charge in [-0.25, -0.2) is 0 Å². The minimum atomic E-state index is -0.387. The Labute approximate surface area is 104 Å². The molecule has 1 unspecified atom stereocenters. The van der Waals surface area contributed by atoms with Crippen LogP contribution in [-0.2, 0) is 6.54 Å². The van der Waals surface area contributed by atoms with Crippen LogP contribution < -0.4 is 10.1 Å². The van der Waals surface area contributed by atoms with Gasteiger partial charge >= 0.3 is 0 Å². The van der Waals surface area contributed by atoms with Crippen LogP contribution in [-0.4, -0.2) is 23.9 Å². The van der Waals surface area contributed by atoms with Crippen molar-refractivity contribution in [2.24, 2.45) is 0 Å². The summed E-state index contributed by atoms with van der Waals surface area (Å²) in [5.74, 6) is 0.906. The van der Waals surface area contributed by atoms with Crippen molar-refractivity contribution in [3.8, 4) is 5.75 Å². The molecule has 0 aromatic heterocycles. The lowest BCUT2D eigenvalue weighted by Gasteiger charge is -2.29. The third kappa shape index (κ3) is 3.72. The van der Waals surface area contributed by atoms with Gasteiger partial charge in [-0.05, 0) is 44.9 Å². The molecule has 1 rings (SSSR count). The Morgan fingerprint density at radius 2 is 2.06 bits per heavy atom. The van der Waals surface area contributed by atoms with Crippen LogP contribution in [0.25, 0.3) is 0 Å². The van der Waals surface area contributed by atoms with Crippen molar-refractivity contribution in [2.75, 3.05) is 7.11 Å². The van der Waals surface area contributed by atoms with Gasteiger partial charge in [-0.1, -0.05) is 12.1 Å². The highest BCUT2D eigenvalue weighted by molar-refractivity contribution is 5.36. The van der Waals surface area contributed by atoms with Gasteiger partial charge in [0.2, 0.25) is 0 Å². The highest BCUT2D eigenvalue weighted by atomic mass is 16.5. The molecule has 0 heterocycles. The lowest BCUT2D eigenvalue weighted by Crippen LogP contribution is -2.47. The van der Waals surface area contributed by atoms with E-state index in [0.717, 1.165) is 17.9 Å². The number of benzene rings is 1. The van der Waals surface area contributed by atoms with Crippen LogP contribution in [0.3, 0.4) is 0 Å². The molecular weight excluding hydrogens is 214 g/mol. The Morgan fingerprint density at radius 3 is 2.53 bits per heavy atom. The van der Waals surface area contributed by atoms with Gasteiger partial charge in [-0.15, -0.1) is 0 Å². The molecular formula is C14H23NO2. The zero-order chi connectivity index (χ0) is 13.1. The summed E-state index contributed by atoms with van der Waals surface area (Å²) in [6, 6.07) is 6.11. The molecule has 0 amide bonds. The summed E-state index contributed by atoms with van der Waals surface area (Å²) >= 11 is 0. The summed E-state index contributed by atoms with van der Waals surface area (Å²) in [6.45, 7) is 8.55. The van der Waals surface area contributed by atoms with Gasteiger partial charge in [0.15, 0.2) is 0 Å². The first kappa shape index (κ1) is 14.0. The second-order valence-electron chi connectivity index (χ2n) is 5.06. The topological polar surface area (TPSA) is 41.5 Å². The lowest BCUT2D eigenvalue weighted by atomic mass is 9.98. The van der Waals surface area contributed by atoms with E-state index >= 15 is 0 Å². The van der Waals surface area contributed by atoms with E-state index < -0.39 is 0 Å². The Hall–Kier alpha value is -1.06. The standard InChI is InChI=1S/C14H23NO2/c1-10-8-12(6-7-13(10)17-5)9-15-14(3,4)11(2)16/h6-8,11,15-16H,9H2,1-5H3. The molecule has 17 heavy (non-hydrogen) atoms. The Balaban J connectivity index is 2.67. The van der Waals surface area contributed by atoms with Crippen LogP contribution in [0.2, 0.25) is 0 Å². The van der Waals surface area contributed by atoms with E-state index in [0.29, 0.717) is 0 Å². The van der Waals surface area contributed by atoms with E-state index in [4.69, 9.17) is 4.74 Å². The normalized spacial score (nSPS) is 13.5. The van der Waals surface area contributed by atoms with Gasteiger partial charge in [0.25, 0.3) is 0 Å². The summed E-state index contributed by atoms with van der Waals surface area (Å²) in [5.41, 5.74) is 2.03. The molecule has 0 aliphatic heterocycles. The van der Waals surface area contributed by atoms with Crippen molar-refractivity contribution in [3.05, 3.63) is 29.3 Å². The third-order valence-electron chi connectivity index (χ3n) is 3.25. The maximum absolute atomic E-state index is 9.61. The largest absolute Gasteiger partial charge is 0.496 e. The maximum atomic E-state index is 9.61. The third-order valence-corrected chi connectivity index (χ3v) is 3.25. The first-order valence-electron chi connectivity index (χ1n) is 5.93. The van der Waals surface area contributed by atoms with Gasteiger partial charge < -0.3 is 15.2 Å². The molecule has 0 aliphatic rings. The highest BCUT2D eigenvalue weighted by Crippen LogP contribution is 2.19. The second kappa shape index (κ2) is 5.52. The van der Waals surface area contributed by atoms with Crippen molar-refractivity contribution in [1.82, 2.24) is 5.32 Å². The fraction of sp³-hybridized carbons (Fsp3) is 0.571. The molecule has 0 radical (unpaired) electrons. The monoisotopic (exact) mass is 237 g/mol. The summed E-state index contributed by atoms with van der Waals surface area (Å²) in [5, 5.41) is 13.0. The maximum Gasteiger partial charge on any atom is 0.121 e. The van der Waals surface area contributed by atoms with E-state index in [1.807, 2.05) is 32.9 Å². The van der Waals surface area contributed by atoms with Crippen LogP contribution in [0.4, 0.5) is 0 Å². The lowest BCUT2D eigenvalue weighted by molar-refractivity contribution is 0.0956. The summed E-state index contributed by atoms with van der Waals surface area (Å²) in [4.78, 5) is 0. The van der Waals surface area contributed by atoms with Gasteiger partial charge in [0, 0.05) is 12.1 Å². The number of aryl methyl sites for hydroxylation is 1. The molecule has 1 atom stereocenters. The van der Waals surface area contributed by atoms with Crippen molar-refractivity contribution >= 4 is 0 Å². The van der Waals surface area contributed by atoms with E-state index in [9.17, 15) is 5.11 Å². The molecule has 0 saturated heterocycles. The second-order valence-corrected chi connectivity index (χ2v) is 5.06. The molecule has 3 heteroatoms. The van der Waals surface area contributed by atoms with E-state index in [1.165, 1.54) is 5.56 Å². The number of hydrogen-bond acceptors (Lipinski definition) is 3. The number of methoxy groups -OCH3 is 1. The summed E-state index contributed by atoms with van der Waals surface area (Å²) < 4.78 is 5.22. The molecule has 0 spiro atoms. The van der Waals surface area contributed by atoms with Crippen LogP contribution in [0.15, 0.2) is 18.2 Å². The number of aliphatic hydroxyl groups excluding tert-OH is 1. The number of nitrogens with one attached hydrogen (secondary N) is 1. The minimum absolute atomic E-state index is 0.284. The van der Waals surface area contributed by atoms with Gasteiger partial charge in [0.05, 0.1) is 13.2 Å². The number of rotatable bonds is 5. The fourth-order valence-electron chi connectivity index (χ4n) is 1.53. The predicted molar refractivity (Wildman–Crippen MR) is 70.3 cm³/mol. The van der Waals surface area contributed by atoms with Gasteiger partial charge in [-0.2, -0.15) is 0 Å². The van der Waals surface area contributed by atoms with Crippen LogP contribution >= 0.6 is 0 Å². The first-order valence-corrected chi connectivity index (χ1v) is 5.93. The molecule has 0 saturated carbocycles. The average Bonchev–Trinajstić information content (AvgIpc) is 2.26. The molecule has 2 N–H and O–H groups in total. The number of ether oxygens (including phenoxy) is 1. The Kier molecular flexibility index (Phi) is 4.54. The van der Waals surface area contributed by atoms with Crippen molar-refractivity contribution < 1.29 is 9.84 Å². The van der Waals surface area contributed by atoms with E-state index in [1.54, 1.807) is 14.0 Å². The number of aliphatic hydroxyl groups is 1. The van der Waals surface area contributed by atoms with E-state index in [2.05, 4.69) is 11.4 Å². The van der Waals surface area contributed by atoms with Crippen LogP contribution in [0, 0.1) is 6.92 Å². The SMILES string of the molecule is COc1ccc(CNC(C)(C)C(C)O)cc1C. The van der Waals surface area contributed by atoms with E-state index in [-0.39, 0.29) is 11.6 Å². The quantitative estimate of drug-likeness (QED) is 0.825. The van der Waals surface area contributed by atoms with Crippen LogP contribution in [0.5, 0.6) is 5.75 Å². The van der Waals surface area contributed by atoms with Gasteiger partial charge in [-0.3, -0.25) is 0 Å². The fourth-order valence-corrected chi connectivity index (χ4v) is 1.53. The zero-order valence-electron chi connectivity index (χ0n) is 11.4. The average molecular weight is 237 g/mol. The van der Waals surface area contributed by atoms with Crippen molar-refractivity contribution in [2.45, 2.75) is 45.9 Å². The van der Waals surface area contributed by atoms with Gasteiger partial charge in [0.1, 0.15) is 5.75 Å². The molecule has 1 aromatic carbocycles. The Bertz CT molecular complexity index is 372. The molecule has 0 bridgehead atoms. The first-order chi connectivity index (χ1) is 7.86. The minimum Gasteiger partial charge on any atom is -0.496 e. The van der Waals surface area contributed by atoms with Crippen molar-refractivity contribution in [1.29, 1.82) is 0 Å². The smallest absolute Gasteiger partial charge is 0.121 e. The highest BCUT2D eigenvalue weighted by Gasteiger charge is 2.22. The van der Waals surface area contributed by atoms with Crippen molar-refractivity contribution in [3.63, 3.8) is 0 Å². The van der Waals surface area contributed by atoms with Crippen LogP contribution in [0.1, 0.15) is 31.9 Å². The number of hydrogen-bond donors (Lipinski definition) is 2. The molecule has 0 aliphatic carbocycles.